The molecule has 25 heavy (non-hydrogen) atoms. The van der Waals surface area contributed by atoms with E-state index < -0.39 is 0 Å². The van der Waals surface area contributed by atoms with Gasteiger partial charge in [0.1, 0.15) is 5.75 Å². The fourth-order valence-corrected chi connectivity index (χ4v) is 3.38. The standard InChI is InChI=1S/C20H27N3O2/c1-15-18(13-16-7-8-17(25-2)14-19(16)22-15)20(24)21-9-6-12-23-10-4-3-5-11-23/h7-8,13-14H,3-6,9-12H2,1-2H3,(H,21,24). The minimum absolute atomic E-state index is 0.0404. The average Bonchev–Trinajstić information content (AvgIpc) is 2.64. The van der Waals surface area contributed by atoms with Crippen molar-refractivity contribution in [3.63, 3.8) is 0 Å². The van der Waals surface area contributed by atoms with Crippen LogP contribution in [0.2, 0.25) is 0 Å². The predicted octanol–water partition coefficient (Wildman–Crippen LogP) is 3.16. The summed E-state index contributed by atoms with van der Waals surface area (Å²) in [6, 6.07) is 7.63. The van der Waals surface area contributed by atoms with Crippen LogP contribution in [0.3, 0.4) is 0 Å². The Hall–Kier alpha value is -2.14. The Morgan fingerprint density at radius 2 is 2.04 bits per heavy atom. The molecular weight excluding hydrogens is 314 g/mol. The minimum Gasteiger partial charge on any atom is -0.497 e. The Morgan fingerprint density at radius 1 is 1.24 bits per heavy atom. The summed E-state index contributed by atoms with van der Waals surface area (Å²) in [5.41, 5.74) is 2.24. The Bertz CT molecular complexity index is 739. The molecule has 1 aromatic carbocycles. The number of carbonyl (C=O) groups is 1. The third-order valence-corrected chi connectivity index (χ3v) is 4.85. The number of fused-ring (bicyclic) bond motifs is 1. The van der Waals surface area contributed by atoms with Gasteiger partial charge in [-0.25, -0.2) is 0 Å². The molecule has 3 rings (SSSR count). The van der Waals surface area contributed by atoms with E-state index in [9.17, 15) is 4.79 Å². The topological polar surface area (TPSA) is 54.5 Å². The minimum atomic E-state index is -0.0404. The molecule has 1 aliphatic rings. The van der Waals surface area contributed by atoms with Crippen molar-refractivity contribution in [2.24, 2.45) is 0 Å². The van der Waals surface area contributed by atoms with E-state index in [4.69, 9.17) is 4.74 Å². The maximum atomic E-state index is 12.5. The molecule has 5 nitrogen and oxygen atoms in total. The van der Waals surface area contributed by atoms with Crippen molar-refractivity contribution in [1.29, 1.82) is 0 Å². The largest absolute Gasteiger partial charge is 0.497 e. The molecule has 1 saturated heterocycles. The monoisotopic (exact) mass is 341 g/mol. The molecule has 1 amide bonds. The number of pyridine rings is 1. The Kier molecular flexibility index (Phi) is 5.87. The third kappa shape index (κ3) is 4.48. The first-order valence-corrected chi connectivity index (χ1v) is 9.13. The van der Waals surface area contributed by atoms with Gasteiger partial charge in [-0.2, -0.15) is 0 Å². The highest BCUT2D eigenvalue weighted by Gasteiger charge is 2.13. The number of rotatable bonds is 6. The van der Waals surface area contributed by atoms with Crippen LogP contribution in [0.5, 0.6) is 5.75 Å². The highest BCUT2D eigenvalue weighted by molar-refractivity contribution is 5.98. The van der Waals surface area contributed by atoms with E-state index in [0.717, 1.165) is 35.3 Å². The maximum absolute atomic E-state index is 12.5. The van der Waals surface area contributed by atoms with Crippen molar-refractivity contribution in [3.8, 4) is 5.75 Å². The van der Waals surface area contributed by atoms with Gasteiger partial charge in [0.15, 0.2) is 0 Å². The number of carbonyl (C=O) groups excluding carboxylic acids is 1. The van der Waals surface area contributed by atoms with Crippen molar-refractivity contribution in [1.82, 2.24) is 15.2 Å². The molecule has 1 aliphatic heterocycles. The van der Waals surface area contributed by atoms with Crippen molar-refractivity contribution in [3.05, 3.63) is 35.5 Å². The van der Waals surface area contributed by atoms with E-state index >= 15 is 0 Å². The van der Waals surface area contributed by atoms with Gasteiger partial charge in [0, 0.05) is 18.0 Å². The molecule has 1 aromatic heterocycles. The number of benzene rings is 1. The van der Waals surface area contributed by atoms with Crippen LogP contribution in [0.25, 0.3) is 10.9 Å². The zero-order chi connectivity index (χ0) is 17.6. The van der Waals surface area contributed by atoms with Crippen LogP contribution < -0.4 is 10.1 Å². The normalized spacial score (nSPS) is 15.3. The number of methoxy groups -OCH3 is 1. The second-order valence-corrected chi connectivity index (χ2v) is 6.69. The van der Waals surface area contributed by atoms with Gasteiger partial charge in [0.25, 0.3) is 5.91 Å². The number of nitrogens with zero attached hydrogens (tertiary/aromatic N) is 2. The molecule has 0 radical (unpaired) electrons. The summed E-state index contributed by atoms with van der Waals surface area (Å²) in [5.74, 6) is 0.732. The van der Waals surface area contributed by atoms with E-state index in [1.807, 2.05) is 31.2 Å². The second-order valence-electron chi connectivity index (χ2n) is 6.69. The van der Waals surface area contributed by atoms with Gasteiger partial charge >= 0.3 is 0 Å². The number of nitrogens with one attached hydrogen (secondary N) is 1. The van der Waals surface area contributed by atoms with Gasteiger partial charge in [0.2, 0.25) is 0 Å². The van der Waals surface area contributed by atoms with E-state index in [1.165, 1.54) is 32.4 Å². The second kappa shape index (κ2) is 8.30. The number of likely N-dealkylation sites (tertiary alicyclic amines) is 1. The number of hydrogen-bond acceptors (Lipinski definition) is 4. The van der Waals surface area contributed by atoms with Crippen LogP contribution in [0.1, 0.15) is 41.7 Å². The Balaban J connectivity index is 1.58. The molecule has 2 heterocycles. The van der Waals surface area contributed by atoms with Crippen molar-refractivity contribution >= 4 is 16.8 Å². The molecule has 0 saturated carbocycles. The fraction of sp³-hybridized carbons (Fsp3) is 0.500. The van der Waals surface area contributed by atoms with Gasteiger partial charge < -0.3 is 15.0 Å². The fourth-order valence-electron chi connectivity index (χ4n) is 3.38. The van der Waals surface area contributed by atoms with Gasteiger partial charge in [0.05, 0.1) is 23.9 Å². The number of piperidine rings is 1. The number of amides is 1. The molecular formula is C20H27N3O2. The average molecular weight is 341 g/mol. The van der Waals surface area contributed by atoms with Crippen LogP contribution in [-0.4, -0.2) is 49.1 Å². The smallest absolute Gasteiger partial charge is 0.253 e. The molecule has 134 valence electrons. The van der Waals surface area contributed by atoms with E-state index in [1.54, 1.807) is 7.11 Å². The van der Waals surface area contributed by atoms with Crippen molar-refractivity contribution in [2.45, 2.75) is 32.6 Å². The Labute approximate surface area is 149 Å². The molecule has 2 aromatic rings. The lowest BCUT2D eigenvalue weighted by molar-refractivity contribution is 0.0950. The SMILES string of the molecule is COc1ccc2cc(C(=O)NCCCN3CCCCC3)c(C)nc2c1. The molecule has 0 atom stereocenters. The van der Waals surface area contributed by atoms with E-state index in [0.29, 0.717) is 12.1 Å². The highest BCUT2D eigenvalue weighted by atomic mass is 16.5. The molecule has 1 fully saturated rings. The van der Waals surface area contributed by atoms with Gasteiger partial charge in [-0.1, -0.05) is 6.42 Å². The van der Waals surface area contributed by atoms with Crippen LogP contribution in [0, 0.1) is 6.92 Å². The van der Waals surface area contributed by atoms with E-state index in [-0.39, 0.29) is 5.91 Å². The van der Waals surface area contributed by atoms with Crippen molar-refractivity contribution in [2.75, 3.05) is 33.3 Å². The summed E-state index contributed by atoms with van der Waals surface area (Å²) in [6.07, 6.45) is 4.95. The summed E-state index contributed by atoms with van der Waals surface area (Å²) in [6.45, 7) is 6.04. The zero-order valence-corrected chi connectivity index (χ0v) is 15.2. The quantitative estimate of drug-likeness (QED) is 0.820. The van der Waals surface area contributed by atoms with Gasteiger partial charge in [-0.3, -0.25) is 9.78 Å². The molecule has 0 unspecified atom stereocenters. The molecule has 5 heteroatoms. The first kappa shape index (κ1) is 17.7. The van der Waals surface area contributed by atoms with E-state index in [2.05, 4.69) is 15.2 Å². The lowest BCUT2D eigenvalue weighted by Gasteiger charge is -2.26. The molecule has 0 spiro atoms. The zero-order valence-electron chi connectivity index (χ0n) is 15.2. The lowest BCUT2D eigenvalue weighted by atomic mass is 10.1. The number of ether oxygens (including phenoxy) is 1. The van der Waals surface area contributed by atoms with Crippen LogP contribution in [0.4, 0.5) is 0 Å². The number of hydrogen-bond donors (Lipinski definition) is 1. The Morgan fingerprint density at radius 3 is 2.80 bits per heavy atom. The van der Waals surface area contributed by atoms with Crippen LogP contribution in [-0.2, 0) is 0 Å². The molecule has 0 bridgehead atoms. The van der Waals surface area contributed by atoms with Crippen LogP contribution >= 0.6 is 0 Å². The van der Waals surface area contributed by atoms with Crippen LogP contribution in [0.15, 0.2) is 24.3 Å². The summed E-state index contributed by atoms with van der Waals surface area (Å²) in [5, 5.41) is 3.99. The summed E-state index contributed by atoms with van der Waals surface area (Å²) >= 11 is 0. The summed E-state index contributed by atoms with van der Waals surface area (Å²) in [4.78, 5) is 19.5. The summed E-state index contributed by atoms with van der Waals surface area (Å²) in [7, 11) is 1.64. The highest BCUT2D eigenvalue weighted by Crippen LogP contribution is 2.21. The molecule has 0 aliphatic carbocycles. The number of aromatic nitrogens is 1. The predicted molar refractivity (Wildman–Crippen MR) is 100 cm³/mol. The van der Waals surface area contributed by atoms with Crippen molar-refractivity contribution < 1.29 is 9.53 Å². The number of aryl methyl sites for hydroxylation is 1. The maximum Gasteiger partial charge on any atom is 0.253 e. The molecule has 1 N–H and O–H groups in total. The first-order chi connectivity index (χ1) is 12.2. The van der Waals surface area contributed by atoms with Gasteiger partial charge in [-0.05, 0) is 64.0 Å². The lowest BCUT2D eigenvalue weighted by Crippen LogP contribution is -2.33. The van der Waals surface area contributed by atoms with Gasteiger partial charge in [-0.15, -0.1) is 0 Å². The summed E-state index contributed by atoms with van der Waals surface area (Å²) < 4.78 is 5.23. The third-order valence-electron chi connectivity index (χ3n) is 4.85. The first-order valence-electron chi connectivity index (χ1n) is 9.13.